The lowest BCUT2D eigenvalue weighted by molar-refractivity contribution is 0.162. The summed E-state index contributed by atoms with van der Waals surface area (Å²) in [6.45, 7) is 1.37. The Morgan fingerprint density at radius 2 is 1.94 bits per heavy atom. The van der Waals surface area contributed by atoms with Gasteiger partial charge in [0.05, 0.1) is 6.61 Å². The Kier molecular flexibility index (Phi) is 3.60. The second-order valence-electron chi connectivity index (χ2n) is 4.39. The SMILES string of the molecule is Fc1cc(F)cc(CC2(CBr)CCOC2)c1. The van der Waals surface area contributed by atoms with E-state index in [1.807, 2.05) is 0 Å². The molecule has 1 aliphatic rings. The smallest absolute Gasteiger partial charge is 0.126 e. The van der Waals surface area contributed by atoms with Gasteiger partial charge in [0.2, 0.25) is 0 Å². The molecule has 0 amide bonds. The Hall–Kier alpha value is -0.480. The van der Waals surface area contributed by atoms with E-state index in [4.69, 9.17) is 4.74 Å². The molecule has 1 heterocycles. The van der Waals surface area contributed by atoms with E-state index in [0.717, 1.165) is 24.4 Å². The minimum absolute atomic E-state index is 0.0137. The van der Waals surface area contributed by atoms with Crippen LogP contribution in [-0.4, -0.2) is 18.5 Å². The van der Waals surface area contributed by atoms with Crippen LogP contribution in [0.2, 0.25) is 0 Å². The topological polar surface area (TPSA) is 9.23 Å². The predicted octanol–water partition coefficient (Wildman–Crippen LogP) is 3.31. The molecule has 16 heavy (non-hydrogen) atoms. The van der Waals surface area contributed by atoms with Crippen LogP contribution in [0.3, 0.4) is 0 Å². The number of hydrogen-bond acceptors (Lipinski definition) is 1. The molecule has 0 radical (unpaired) electrons. The summed E-state index contributed by atoms with van der Waals surface area (Å²) < 4.78 is 31.5. The summed E-state index contributed by atoms with van der Waals surface area (Å²) in [5, 5.41) is 0.790. The normalized spacial score (nSPS) is 24.9. The fourth-order valence-corrected chi connectivity index (χ4v) is 2.73. The van der Waals surface area contributed by atoms with Gasteiger partial charge < -0.3 is 4.74 Å². The molecule has 0 N–H and O–H groups in total. The fraction of sp³-hybridized carbons (Fsp3) is 0.500. The van der Waals surface area contributed by atoms with Crippen molar-refractivity contribution in [3.8, 4) is 0 Å². The van der Waals surface area contributed by atoms with Crippen LogP contribution in [0, 0.1) is 17.0 Å². The van der Waals surface area contributed by atoms with Crippen molar-refractivity contribution in [3.63, 3.8) is 0 Å². The molecule has 4 heteroatoms. The van der Waals surface area contributed by atoms with Crippen molar-refractivity contribution in [1.82, 2.24) is 0 Å². The highest BCUT2D eigenvalue weighted by molar-refractivity contribution is 9.09. The zero-order valence-electron chi connectivity index (χ0n) is 8.81. The summed E-state index contributed by atoms with van der Waals surface area (Å²) in [4.78, 5) is 0. The molecule has 2 rings (SSSR count). The first kappa shape index (κ1) is 12.0. The summed E-state index contributed by atoms with van der Waals surface area (Å²) in [5.41, 5.74) is 0.683. The Bertz CT molecular complexity index is 355. The van der Waals surface area contributed by atoms with Crippen LogP contribution in [-0.2, 0) is 11.2 Å². The summed E-state index contributed by atoms with van der Waals surface area (Å²) in [7, 11) is 0. The van der Waals surface area contributed by atoms with E-state index in [-0.39, 0.29) is 5.41 Å². The van der Waals surface area contributed by atoms with Crippen molar-refractivity contribution in [2.45, 2.75) is 12.8 Å². The summed E-state index contributed by atoms with van der Waals surface area (Å²) >= 11 is 3.46. The molecule has 1 unspecified atom stereocenters. The highest BCUT2D eigenvalue weighted by atomic mass is 79.9. The lowest BCUT2D eigenvalue weighted by Gasteiger charge is -2.24. The Labute approximate surface area is 102 Å². The van der Waals surface area contributed by atoms with Crippen molar-refractivity contribution in [1.29, 1.82) is 0 Å². The van der Waals surface area contributed by atoms with Gasteiger partial charge in [0.25, 0.3) is 0 Å². The molecule has 88 valence electrons. The number of ether oxygens (including phenoxy) is 1. The van der Waals surface area contributed by atoms with Gasteiger partial charge in [-0.25, -0.2) is 8.78 Å². The molecule has 1 aliphatic heterocycles. The molecule has 0 bridgehead atoms. The van der Waals surface area contributed by atoms with Crippen LogP contribution in [0.4, 0.5) is 8.78 Å². The van der Waals surface area contributed by atoms with Gasteiger partial charge >= 0.3 is 0 Å². The van der Waals surface area contributed by atoms with Crippen molar-refractivity contribution in [3.05, 3.63) is 35.4 Å². The first-order chi connectivity index (χ1) is 7.63. The lowest BCUT2D eigenvalue weighted by Crippen LogP contribution is -2.26. The minimum atomic E-state index is -0.515. The van der Waals surface area contributed by atoms with Crippen LogP contribution < -0.4 is 0 Å². The second kappa shape index (κ2) is 4.80. The van der Waals surface area contributed by atoms with E-state index in [1.165, 1.54) is 12.1 Å². The van der Waals surface area contributed by atoms with E-state index < -0.39 is 11.6 Å². The van der Waals surface area contributed by atoms with Crippen molar-refractivity contribution < 1.29 is 13.5 Å². The van der Waals surface area contributed by atoms with Gasteiger partial charge in [-0.3, -0.25) is 0 Å². The maximum absolute atomic E-state index is 13.0. The van der Waals surface area contributed by atoms with E-state index in [1.54, 1.807) is 0 Å². The molecule has 1 aromatic carbocycles. The number of hydrogen-bond donors (Lipinski definition) is 0. The molecule has 0 aromatic heterocycles. The molecule has 1 saturated heterocycles. The number of alkyl halides is 1. The van der Waals surface area contributed by atoms with Gasteiger partial charge in [-0.2, -0.15) is 0 Å². The van der Waals surface area contributed by atoms with Crippen molar-refractivity contribution >= 4 is 15.9 Å². The number of halogens is 3. The molecule has 0 aliphatic carbocycles. The molecular weight excluding hydrogens is 278 g/mol. The number of benzene rings is 1. The third-order valence-corrected chi connectivity index (χ3v) is 4.16. The van der Waals surface area contributed by atoms with E-state index in [9.17, 15) is 8.78 Å². The summed E-state index contributed by atoms with van der Waals surface area (Å²) in [5.74, 6) is -1.03. The first-order valence-corrected chi connectivity index (χ1v) is 6.34. The zero-order valence-corrected chi connectivity index (χ0v) is 10.4. The average Bonchev–Trinajstić information content (AvgIpc) is 2.65. The van der Waals surface area contributed by atoms with Crippen LogP contribution in [0.15, 0.2) is 18.2 Å². The lowest BCUT2D eigenvalue weighted by atomic mass is 9.83. The molecule has 1 atom stereocenters. The van der Waals surface area contributed by atoms with Gasteiger partial charge in [-0.05, 0) is 30.5 Å². The Morgan fingerprint density at radius 1 is 1.25 bits per heavy atom. The van der Waals surface area contributed by atoms with Gasteiger partial charge in [0, 0.05) is 23.4 Å². The fourth-order valence-electron chi connectivity index (χ4n) is 2.09. The molecular formula is C12H13BrF2O. The highest BCUT2D eigenvalue weighted by Gasteiger charge is 2.34. The standard InChI is InChI=1S/C12H13BrF2O/c13-7-12(1-2-16-8-12)6-9-3-10(14)5-11(15)4-9/h3-5H,1-2,6-8H2. The average molecular weight is 291 g/mol. The van der Waals surface area contributed by atoms with Gasteiger partial charge in [-0.15, -0.1) is 0 Å². The van der Waals surface area contributed by atoms with Crippen LogP contribution in [0.25, 0.3) is 0 Å². The third kappa shape index (κ3) is 2.61. The maximum atomic E-state index is 13.0. The molecule has 1 nitrogen and oxygen atoms in total. The van der Waals surface area contributed by atoms with Crippen LogP contribution in [0.1, 0.15) is 12.0 Å². The molecule has 0 spiro atoms. The van der Waals surface area contributed by atoms with Crippen LogP contribution in [0.5, 0.6) is 0 Å². The van der Waals surface area contributed by atoms with E-state index in [2.05, 4.69) is 15.9 Å². The second-order valence-corrected chi connectivity index (χ2v) is 4.95. The first-order valence-electron chi connectivity index (χ1n) is 5.22. The van der Waals surface area contributed by atoms with Crippen molar-refractivity contribution in [2.75, 3.05) is 18.5 Å². The zero-order chi connectivity index (χ0) is 11.6. The van der Waals surface area contributed by atoms with Crippen LogP contribution >= 0.6 is 15.9 Å². The summed E-state index contributed by atoms with van der Waals surface area (Å²) in [6.07, 6.45) is 1.57. The maximum Gasteiger partial charge on any atom is 0.126 e. The van der Waals surface area contributed by atoms with Gasteiger partial charge in [0.15, 0.2) is 0 Å². The Morgan fingerprint density at radius 3 is 2.44 bits per heavy atom. The predicted molar refractivity (Wildman–Crippen MR) is 61.7 cm³/mol. The van der Waals surface area contributed by atoms with E-state index in [0.29, 0.717) is 18.6 Å². The molecule has 0 saturated carbocycles. The van der Waals surface area contributed by atoms with Gasteiger partial charge in [0.1, 0.15) is 11.6 Å². The monoisotopic (exact) mass is 290 g/mol. The minimum Gasteiger partial charge on any atom is -0.381 e. The number of rotatable bonds is 3. The largest absolute Gasteiger partial charge is 0.381 e. The van der Waals surface area contributed by atoms with E-state index >= 15 is 0 Å². The highest BCUT2D eigenvalue weighted by Crippen LogP contribution is 2.34. The quantitative estimate of drug-likeness (QED) is 0.776. The third-order valence-electron chi connectivity index (χ3n) is 2.97. The van der Waals surface area contributed by atoms with Crippen molar-refractivity contribution in [2.24, 2.45) is 5.41 Å². The summed E-state index contributed by atoms with van der Waals surface area (Å²) in [6, 6.07) is 3.69. The molecule has 1 aromatic rings. The molecule has 1 fully saturated rings. The van der Waals surface area contributed by atoms with Gasteiger partial charge in [-0.1, -0.05) is 15.9 Å². The Balaban J connectivity index is 2.18.